The first-order valence-corrected chi connectivity index (χ1v) is 11.9. The SMILES string of the molecule is CC(C)n1cnnc1-c1cccc(NC(=O)c2ccc3ccc(NC4CCCCC4)nc3c2)n1. The maximum absolute atomic E-state index is 13.0. The zero-order chi connectivity index (χ0) is 23.5. The number of fused-ring (bicyclic) bond motifs is 1. The van der Waals surface area contributed by atoms with E-state index in [1.54, 1.807) is 12.4 Å². The summed E-state index contributed by atoms with van der Waals surface area (Å²) in [4.78, 5) is 22.4. The zero-order valence-electron chi connectivity index (χ0n) is 19.5. The van der Waals surface area contributed by atoms with Crippen LogP contribution in [-0.4, -0.2) is 36.7 Å². The molecule has 4 aromatic rings. The first-order valence-electron chi connectivity index (χ1n) is 11.9. The van der Waals surface area contributed by atoms with Crippen molar-refractivity contribution in [1.29, 1.82) is 0 Å². The van der Waals surface area contributed by atoms with E-state index in [2.05, 4.69) is 39.7 Å². The van der Waals surface area contributed by atoms with Gasteiger partial charge in [-0.05, 0) is 63.1 Å². The van der Waals surface area contributed by atoms with Gasteiger partial charge in [-0.25, -0.2) is 9.97 Å². The number of nitrogens with one attached hydrogen (secondary N) is 2. The predicted octanol–water partition coefficient (Wildman–Crippen LogP) is 5.47. The van der Waals surface area contributed by atoms with Gasteiger partial charge in [-0.1, -0.05) is 31.4 Å². The Labute approximate surface area is 198 Å². The summed E-state index contributed by atoms with van der Waals surface area (Å²) < 4.78 is 1.95. The average molecular weight is 456 g/mol. The summed E-state index contributed by atoms with van der Waals surface area (Å²) in [5.74, 6) is 1.76. The molecule has 34 heavy (non-hydrogen) atoms. The normalized spacial score (nSPS) is 14.4. The Kier molecular flexibility index (Phi) is 6.20. The molecule has 3 heterocycles. The van der Waals surface area contributed by atoms with Crippen molar-refractivity contribution in [3.05, 3.63) is 60.4 Å². The molecule has 174 valence electrons. The Bertz CT molecular complexity index is 1310. The summed E-state index contributed by atoms with van der Waals surface area (Å²) in [6.45, 7) is 4.12. The summed E-state index contributed by atoms with van der Waals surface area (Å²) in [7, 11) is 0. The van der Waals surface area contributed by atoms with Gasteiger partial charge in [0.15, 0.2) is 5.82 Å². The van der Waals surface area contributed by atoms with Crippen LogP contribution in [-0.2, 0) is 0 Å². The third kappa shape index (κ3) is 4.76. The Morgan fingerprint density at radius 2 is 1.82 bits per heavy atom. The lowest BCUT2D eigenvalue weighted by Crippen LogP contribution is -2.22. The van der Waals surface area contributed by atoms with Crippen LogP contribution < -0.4 is 10.6 Å². The number of nitrogens with zero attached hydrogens (tertiary/aromatic N) is 5. The molecule has 0 atom stereocenters. The van der Waals surface area contributed by atoms with Crippen LogP contribution in [0.1, 0.15) is 62.4 Å². The molecule has 0 spiro atoms. The smallest absolute Gasteiger partial charge is 0.256 e. The van der Waals surface area contributed by atoms with E-state index < -0.39 is 0 Å². The fourth-order valence-electron chi connectivity index (χ4n) is 4.42. The Hall–Kier alpha value is -3.81. The Balaban J connectivity index is 1.34. The highest BCUT2D eigenvalue weighted by Crippen LogP contribution is 2.24. The lowest BCUT2D eigenvalue weighted by atomic mass is 9.95. The van der Waals surface area contributed by atoms with Crippen molar-refractivity contribution in [3.63, 3.8) is 0 Å². The number of amides is 1. The molecule has 3 aromatic heterocycles. The van der Waals surface area contributed by atoms with Crippen LogP contribution in [0.4, 0.5) is 11.6 Å². The fraction of sp³-hybridized carbons (Fsp3) is 0.346. The van der Waals surface area contributed by atoms with Crippen LogP contribution in [0.3, 0.4) is 0 Å². The molecule has 0 unspecified atom stereocenters. The maximum atomic E-state index is 13.0. The van der Waals surface area contributed by atoms with Crippen molar-refractivity contribution in [2.45, 2.75) is 58.0 Å². The molecule has 1 aliphatic carbocycles. The van der Waals surface area contributed by atoms with Crippen molar-refractivity contribution in [2.24, 2.45) is 0 Å². The number of carbonyl (C=O) groups is 1. The quantitative estimate of drug-likeness (QED) is 0.400. The number of benzene rings is 1. The molecule has 5 rings (SSSR count). The molecule has 1 aliphatic rings. The molecular formula is C26H29N7O. The van der Waals surface area contributed by atoms with E-state index in [1.165, 1.54) is 32.1 Å². The minimum Gasteiger partial charge on any atom is -0.367 e. The van der Waals surface area contributed by atoms with Crippen molar-refractivity contribution in [2.75, 3.05) is 10.6 Å². The standard InChI is InChI=1S/C26H29N7O/c1-17(2)33-16-27-32-25(33)21-9-6-10-23(29-21)31-26(34)19-12-11-18-13-14-24(30-22(18)15-19)28-20-7-4-3-5-8-20/h6,9-17,20H,3-5,7-8H2,1-2H3,(H,28,30)(H,29,31,34). The van der Waals surface area contributed by atoms with Crippen molar-refractivity contribution < 1.29 is 4.79 Å². The number of aromatic nitrogens is 5. The lowest BCUT2D eigenvalue weighted by Gasteiger charge is -2.23. The summed E-state index contributed by atoms with van der Waals surface area (Å²) in [5, 5.41) is 15.7. The molecule has 1 saturated carbocycles. The van der Waals surface area contributed by atoms with E-state index in [9.17, 15) is 4.79 Å². The van der Waals surface area contributed by atoms with Crippen LogP contribution in [0.25, 0.3) is 22.4 Å². The third-order valence-electron chi connectivity index (χ3n) is 6.26. The average Bonchev–Trinajstić information content (AvgIpc) is 3.35. The van der Waals surface area contributed by atoms with Gasteiger partial charge in [0.25, 0.3) is 5.91 Å². The van der Waals surface area contributed by atoms with E-state index in [1.807, 2.05) is 47.0 Å². The molecule has 0 aliphatic heterocycles. The largest absolute Gasteiger partial charge is 0.367 e. The molecule has 2 N–H and O–H groups in total. The highest BCUT2D eigenvalue weighted by Gasteiger charge is 2.15. The van der Waals surface area contributed by atoms with E-state index in [0.29, 0.717) is 28.9 Å². The summed E-state index contributed by atoms with van der Waals surface area (Å²) in [6.07, 6.45) is 7.90. The molecule has 1 amide bonds. The van der Waals surface area contributed by atoms with E-state index >= 15 is 0 Å². The molecule has 8 nitrogen and oxygen atoms in total. The van der Waals surface area contributed by atoms with Gasteiger partial charge in [0.05, 0.1) is 5.52 Å². The lowest BCUT2D eigenvalue weighted by molar-refractivity contribution is 0.102. The second-order valence-electron chi connectivity index (χ2n) is 9.10. The van der Waals surface area contributed by atoms with Crippen LogP contribution in [0.15, 0.2) is 54.9 Å². The second-order valence-corrected chi connectivity index (χ2v) is 9.10. The first kappa shape index (κ1) is 22.0. The molecule has 1 aromatic carbocycles. The van der Waals surface area contributed by atoms with Crippen LogP contribution >= 0.6 is 0 Å². The topological polar surface area (TPSA) is 97.6 Å². The number of carbonyl (C=O) groups excluding carboxylic acids is 1. The molecule has 0 radical (unpaired) electrons. The summed E-state index contributed by atoms with van der Waals surface area (Å²) >= 11 is 0. The van der Waals surface area contributed by atoms with Gasteiger partial charge in [0.2, 0.25) is 0 Å². The van der Waals surface area contributed by atoms with Gasteiger partial charge in [-0.2, -0.15) is 0 Å². The molecular weight excluding hydrogens is 426 g/mol. The number of hydrogen-bond acceptors (Lipinski definition) is 6. The van der Waals surface area contributed by atoms with E-state index in [0.717, 1.165) is 16.7 Å². The Morgan fingerprint density at radius 3 is 2.65 bits per heavy atom. The van der Waals surface area contributed by atoms with Crippen LogP contribution in [0.5, 0.6) is 0 Å². The number of anilines is 2. The monoisotopic (exact) mass is 455 g/mol. The van der Waals surface area contributed by atoms with Gasteiger partial charge in [0, 0.05) is 23.0 Å². The molecule has 0 bridgehead atoms. The zero-order valence-corrected chi connectivity index (χ0v) is 19.5. The van der Waals surface area contributed by atoms with Gasteiger partial charge in [0.1, 0.15) is 23.7 Å². The van der Waals surface area contributed by atoms with Gasteiger partial charge in [-0.3, -0.25) is 4.79 Å². The highest BCUT2D eigenvalue weighted by atomic mass is 16.1. The van der Waals surface area contributed by atoms with Gasteiger partial charge >= 0.3 is 0 Å². The summed E-state index contributed by atoms with van der Waals surface area (Å²) in [6, 6.07) is 15.8. The fourth-order valence-corrected chi connectivity index (χ4v) is 4.42. The third-order valence-corrected chi connectivity index (χ3v) is 6.26. The molecule has 8 heteroatoms. The van der Waals surface area contributed by atoms with Gasteiger partial charge in [-0.15, -0.1) is 10.2 Å². The predicted molar refractivity (Wildman–Crippen MR) is 134 cm³/mol. The number of rotatable bonds is 6. The minimum absolute atomic E-state index is 0.202. The highest BCUT2D eigenvalue weighted by molar-refractivity contribution is 6.05. The minimum atomic E-state index is -0.232. The molecule has 1 fully saturated rings. The van der Waals surface area contributed by atoms with Crippen LogP contribution in [0, 0.1) is 0 Å². The number of hydrogen-bond donors (Lipinski definition) is 2. The van der Waals surface area contributed by atoms with E-state index in [4.69, 9.17) is 4.98 Å². The Morgan fingerprint density at radius 1 is 1.00 bits per heavy atom. The molecule has 0 saturated heterocycles. The maximum Gasteiger partial charge on any atom is 0.256 e. The van der Waals surface area contributed by atoms with Crippen molar-refractivity contribution in [3.8, 4) is 11.5 Å². The van der Waals surface area contributed by atoms with Gasteiger partial charge < -0.3 is 15.2 Å². The van der Waals surface area contributed by atoms with Crippen molar-refractivity contribution >= 4 is 28.4 Å². The summed E-state index contributed by atoms with van der Waals surface area (Å²) in [5.41, 5.74) is 1.98. The van der Waals surface area contributed by atoms with Crippen LogP contribution in [0.2, 0.25) is 0 Å². The van der Waals surface area contributed by atoms with Crippen molar-refractivity contribution in [1.82, 2.24) is 24.7 Å². The second kappa shape index (κ2) is 9.59. The first-order chi connectivity index (χ1) is 16.6. The number of pyridine rings is 2. The van der Waals surface area contributed by atoms with E-state index in [-0.39, 0.29) is 11.9 Å².